The van der Waals surface area contributed by atoms with Gasteiger partial charge in [-0.25, -0.2) is 0 Å². The fourth-order valence-electron chi connectivity index (χ4n) is 4.92. The van der Waals surface area contributed by atoms with Crippen LogP contribution in [-0.2, 0) is 35.4 Å². The number of carbonyl (C=O) groups excluding carboxylic acids is 1. The summed E-state index contributed by atoms with van der Waals surface area (Å²) in [4.78, 5) is 26.6. The van der Waals surface area contributed by atoms with Gasteiger partial charge in [-0.2, -0.15) is 0 Å². The summed E-state index contributed by atoms with van der Waals surface area (Å²) in [6.07, 6.45) is 3.10. The molecule has 1 aliphatic carbocycles. The number of para-hydroxylation sites is 2. The van der Waals surface area contributed by atoms with Gasteiger partial charge in [-0.3, -0.25) is 9.59 Å². The number of fused-ring (bicyclic) bond motifs is 4. The molecule has 2 aromatic carbocycles. The van der Waals surface area contributed by atoms with Crippen LogP contribution < -0.4 is 4.90 Å². The van der Waals surface area contributed by atoms with Crippen molar-refractivity contribution < 1.29 is 14.7 Å². The quantitative estimate of drug-likeness (QED) is 0.764. The number of aliphatic carboxylic acids is 1. The Morgan fingerprint density at radius 3 is 2.68 bits per heavy atom. The number of carbonyl (C=O) groups is 2. The number of carboxylic acid groups (broad SMARTS) is 1. The van der Waals surface area contributed by atoms with Crippen LogP contribution in [0, 0.1) is 5.92 Å². The molecule has 2 aliphatic rings. The van der Waals surface area contributed by atoms with Crippen molar-refractivity contribution in [2.75, 3.05) is 11.4 Å². The third kappa shape index (κ3) is 2.61. The lowest BCUT2D eigenvalue weighted by Gasteiger charge is -2.27. The Kier molecular flexibility index (Phi) is 3.97. The first-order chi connectivity index (χ1) is 13.6. The number of rotatable bonds is 3. The van der Waals surface area contributed by atoms with Gasteiger partial charge in [-0.15, -0.1) is 0 Å². The molecule has 1 unspecified atom stereocenters. The second-order valence-electron chi connectivity index (χ2n) is 7.73. The van der Waals surface area contributed by atoms with Crippen molar-refractivity contribution in [2.24, 2.45) is 5.92 Å². The van der Waals surface area contributed by atoms with Crippen LogP contribution in [0.3, 0.4) is 0 Å². The van der Waals surface area contributed by atoms with Crippen LogP contribution in [0.5, 0.6) is 0 Å². The summed E-state index contributed by atoms with van der Waals surface area (Å²) < 4.78 is 1.92. The molecule has 3 aromatic rings. The summed E-state index contributed by atoms with van der Waals surface area (Å²) in [5, 5.41) is 10.4. The molecule has 0 saturated heterocycles. The Hall–Kier alpha value is -3.08. The molecule has 28 heavy (non-hydrogen) atoms. The topological polar surface area (TPSA) is 62.5 Å². The van der Waals surface area contributed by atoms with Crippen molar-refractivity contribution in [3.8, 4) is 0 Å². The van der Waals surface area contributed by atoms with Crippen LogP contribution in [0.4, 0.5) is 5.69 Å². The molecule has 0 radical (unpaired) electrons. The second kappa shape index (κ2) is 6.51. The first kappa shape index (κ1) is 17.0. The van der Waals surface area contributed by atoms with Gasteiger partial charge in [0.05, 0.1) is 0 Å². The molecule has 1 aromatic heterocycles. The van der Waals surface area contributed by atoms with Crippen molar-refractivity contribution in [1.29, 1.82) is 0 Å². The highest BCUT2D eigenvalue weighted by Crippen LogP contribution is 2.37. The van der Waals surface area contributed by atoms with Crippen LogP contribution in [-0.4, -0.2) is 28.1 Å². The second-order valence-corrected chi connectivity index (χ2v) is 7.73. The number of nitrogens with zero attached hydrogens (tertiary/aromatic N) is 2. The van der Waals surface area contributed by atoms with E-state index < -0.39 is 5.97 Å². The van der Waals surface area contributed by atoms with E-state index in [1.165, 1.54) is 5.56 Å². The summed E-state index contributed by atoms with van der Waals surface area (Å²) in [6, 6.07) is 16.1. The average Bonchev–Trinajstić information content (AvgIpc) is 3.27. The minimum atomic E-state index is -0.838. The van der Waals surface area contributed by atoms with E-state index in [1.54, 1.807) is 0 Å². The van der Waals surface area contributed by atoms with Crippen molar-refractivity contribution in [2.45, 2.75) is 32.2 Å². The van der Waals surface area contributed by atoms with Gasteiger partial charge < -0.3 is 14.6 Å². The molecule has 0 saturated carbocycles. The fourth-order valence-corrected chi connectivity index (χ4v) is 4.92. The Morgan fingerprint density at radius 2 is 1.82 bits per heavy atom. The molecule has 5 nitrogen and oxygen atoms in total. The van der Waals surface area contributed by atoms with E-state index in [0.29, 0.717) is 6.42 Å². The zero-order valence-corrected chi connectivity index (χ0v) is 15.6. The Balaban J connectivity index is 1.49. The maximum atomic E-state index is 13.3. The molecule has 2 heterocycles. The maximum Gasteiger partial charge on any atom is 0.323 e. The smallest absolute Gasteiger partial charge is 0.323 e. The normalized spacial score (nSPS) is 18.1. The standard InChI is InChI=1S/C23H22N2O3/c26-22(27)14-25-20-8-4-2-6-17(20)18-13-16(9-10-21(18)25)23(28)24-12-11-15-5-1-3-7-19(15)24/h1-8,16H,9-14H2,(H,26,27). The van der Waals surface area contributed by atoms with Crippen LogP contribution in [0.1, 0.15) is 23.2 Å². The third-order valence-electron chi connectivity index (χ3n) is 6.17. The van der Waals surface area contributed by atoms with Gasteiger partial charge in [-0.05, 0) is 48.9 Å². The van der Waals surface area contributed by atoms with Crippen LogP contribution in [0.2, 0.25) is 0 Å². The number of anilines is 1. The number of aromatic nitrogens is 1. The number of benzene rings is 2. The van der Waals surface area contributed by atoms with E-state index in [0.717, 1.165) is 53.7 Å². The monoisotopic (exact) mass is 374 g/mol. The fraction of sp³-hybridized carbons (Fsp3) is 0.304. The molecule has 1 aliphatic heterocycles. The number of hydrogen-bond donors (Lipinski definition) is 1. The molecule has 1 atom stereocenters. The van der Waals surface area contributed by atoms with Crippen LogP contribution >= 0.6 is 0 Å². The van der Waals surface area contributed by atoms with Crippen LogP contribution in [0.25, 0.3) is 10.9 Å². The van der Waals surface area contributed by atoms with Crippen molar-refractivity contribution in [1.82, 2.24) is 4.57 Å². The zero-order valence-electron chi connectivity index (χ0n) is 15.6. The molecule has 142 valence electrons. The van der Waals surface area contributed by atoms with Gasteiger partial charge in [0.1, 0.15) is 6.54 Å². The Bertz CT molecular complexity index is 1100. The summed E-state index contributed by atoms with van der Waals surface area (Å²) in [5.41, 5.74) is 5.47. The lowest BCUT2D eigenvalue weighted by molar-refractivity contribution is -0.137. The SMILES string of the molecule is O=C(O)Cn1c2c(c3ccccc31)CC(C(=O)N1CCc3ccccc31)CC2. The minimum Gasteiger partial charge on any atom is -0.480 e. The van der Waals surface area contributed by atoms with E-state index in [2.05, 4.69) is 6.07 Å². The van der Waals surface area contributed by atoms with Crippen molar-refractivity contribution in [3.63, 3.8) is 0 Å². The Labute approximate surface area is 163 Å². The van der Waals surface area contributed by atoms with Gasteiger partial charge >= 0.3 is 5.97 Å². The molecular formula is C23H22N2O3. The van der Waals surface area contributed by atoms with Gasteiger partial charge in [0.2, 0.25) is 5.91 Å². The van der Waals surface area contributed by atoms with E-state index in [9.17, 15) is 14.7 Å². The summed E-state index contributed by atoms with van der Waals surface area (Å²) >= 11 is 0. The number of amides is 1. The highest BCUT2D eigenvalue weighted by molar-refractivity contribution is 5.98. The highest BCUT2D eigenvalue weighted by Gasteiger charge is 2.34. The molecule has 5 heteroatoms. The Morgan fingerprint density at radius 1 is 1.04 bits per heavy atom. The van der Waals surface area contributed by atoms with E-state index in [4.69, 9.17) is 0 Å². The number of carboxylic acids is 1. The average molecular weight is 374 g/mol. The molecule has 1 N–H and O–H groups in total. The van der Waals surface area contributed by atoms with E-state index in [1.807, 2.05) is 51.9 Å². The highest BCUT2D eigenvalue weighted by atomic mass is 16.4. The lowest BCUT2D eigenvalue weighted by atomic mass is 9.85. The molecule has 0 bridgehead atoms. The largest absolute Gasteiger partial charge is 0.480 e. The molecule has 5 rings (SSSR count). The summed E-state index contributed by atoms with van der Waals surface area (Å²) in [6.45, 7) is 0.719. The van der Waals surface area contributed by atoms with Gasteiger partial charge in [-0.1, -0.05) is 36.4 Å². The first-order valence-corrected chi connectivity index (χ1v) is 9.83. The molecular weight excluding hydrogens is 352 g/mol. The maximum absolute atomic E-state index is 13.3. The van der Waals surface area contributed by atoms with Crippen LogP contribution in [0.15, 0.2) is 48.5 Å². The third-order valence-corrected chi connectivity index (χ3v) is 6.17. The van der Waals surface area contributed by atoms with E-state index >= 15 is 0 Å². The predicted octanol–water partition coefficient (Wildman–Crippen LogP) is 3.42. The van der Waals surface area contributed by atoms with Gasteiger partial charge in [0, 0.05) is 34.7 Å². The summed E-state index contributed by atoms with van der Waals surface area (Å²) in [5.74, 6) is -0.691. The minimum absolute atomic E-state index is 0.0338. The van der Waals surface area contributed by atoms with Crippen molar-refractivity contribution >= 4 is 28.5 Å². The molecule has 0 fully saturated rings. The number of hydrogen-bond acceptors (Lipinski definition) is 2. The predicted molar refractivity (Wildman–Crippen MR) is 108 cm³/mol. The summed E-state index contributed by atoms with van der Waals surface area (Å²) in [7, 11) is 0. The molecule has 1 amide bonds. The lowest BCUT2D eigenvalue weighted by Crippen LogP contribution is -2.37. The molecule has 0 spiro atoms. The zero-order chi connectivity index (χ0) is 19.3. The van der Waals surface area contributed by atoms with Crippen molar-refractivity contribution in [3.05, 3.63) is 65.4 Å². The van der Waals surface area contributed by atoms with Gasteiger partial charge in [0.15, 0.2) is 0 Å². The van der Waals surface area contributed by atoms with Gasteiger partial charge in [0.25, 0.3) is 0 Å². The van der Waals surface area contributed by atoms with E-state index in [-0.39, 0.29) is 18.4 Å². The first-order valence-electron chi connectivity index (χ1n) is 9.83.